The van der Waals surface area contributed by atoms with Gasteiger partial charge in [0.2, 0.25) is 5.91 Å². The van der Waals surface area contributed by atoms with Gasteiger partial charge < -0.3 is 0 Å². The topological polar surface area (TPSA) is 105 Å². The molecule has 0 aliphatic carbocycles. The first-order valence-corrected chi connectivity index (χ1v) is 7.52. The van der Waals surface area contributed by atoms with Crippen LogP contribution in [0.1, 0.15) is 16.9 Å². The molecule has 1 saturated heterocycles. The molecule has 2 heterocycles. The van der Waals surface area contributed by atoms with Crippen LogP contribution in [0.2, 0.25) is 0 Å². The first-order valence-electron chi connectivity index (χ1n) is 5.69. The number of nitrogens with one attached hydrogen (secondary N) is 2. The molecule has 1 aromatic rings. The fourth-order valence-electron chi connectivity index (χ4n) is 1.78. The molecule has 0 spiro atoms. The molecule has 0 aromatic carbocycles. The number of rotatable bonds is 2. The Bertz CT molecular complexity index is 585. The molecule has 1 aliphatic rings. The van der Waals surface area contributed by atoms with Crippen LogP contribution in [0.15, 0.2) is 24.4 Å². The highest BCUT2D eigenvalue weighted by Crippen LogP contribution is 2.17. The Kier molecular flexibility index (Phi) is 3.79. The molecule has 0 saturated carbocycles. The van der Waals surface area contributed by atoms with Crippen molar-refractivity contribution in [3.63, 3.8) is 0 Å². The summed E-state index contributed by atoms with van der Waals surface area (Å²) in [6, 6.07) is 4.81. The smallest absolute Gasteiger partial charge is 0.273 e. The summed E-state index contributed by atoms with van der Waals surface area (Å²) in [5.41, 5.74) is 4.59. The van der Waals surface area contributed by atoms with E-state index in [4.69, 9.17) is 0 Å². The van der Waals surface area contributed by atoms with Crippen molar-refractivity contribution < 1.29 is 18.0 Å². The van der Waals surface area contributed by atoms with Crippen molar-refractivity contribution in [2.75, 3.05) is 11.5 Å². The maximum absolute atomic E-state index is 11.7. The molecule has 1 atom stereocenters. The van der Waals surface area contributed by atoms with Gasteiger partial charge in [0.1, 0.15) is 5.69 Å². The third kappa shape index (κ3) is 3.50. The SMILES string of the molecule is O=C(NNC(=O)[C@H]1CCS(=O)(=O)C1)c1ccccn1. The maximum Gasteiger partial charge on any atom is 0.288 e. The molecule has 0 radical (unpaired) electrons. The Balaban J connectivity index is 1.86. The minimum Gasteiger partial charge on any atom is -0.273 e. The minimum absolute atomic E-state index is 0.0132. The second kappa shape index (κ2) is 5.35. The number of hydrazine groups is 1. The van der Waals surface area contributed by atoms with Crippen molar-refractivity contribution in [3.05, 3.63) is 30.1 Å². The summed E-state index contributed by atoms with van der Waals surface area (Å²) in [5, 5.41) is 0. The van der Waals surface area contributed by atoms with Gasteiger partial charge in [-0.1, -0.05) is 6.07 Å². The van der Waals surface area contributed by atoms with Gasteiger partial charge in [-0.3, -0.25) is 25.4 Å². The Labute approximate surface area is 110 Å². The first-order chi connectivity index (χ1) is 8.98. The van der Waals surface area contributed by atoms with Gasteiger partial charge in [0.05, 0.1) is 17.4 Å². The molecule has 1 aromatic heterocycles. The van der Waals surface area contributed by atoms with Crippen molar-refractivity contribution >= 4 is 21.7 Å². The monoisotopic (exact) mass is 283 g/mol. The quantitative estimate of drug-likeness (QED) is 0.697. The van der Waals surface area contributed by atoms with Crippen LogP contribution in [-0.4, -0.2) is 36.7 Å². The number of carbonyl (C=O) groups excluding carboxylic acids is 2. The van der Waals surface area contributed by atoms with E-state index in [0.29, 0.717) is 0 Å². The average Bonchev–Trinajstić information content (AvgIpc) is 2.77. The molecule has 0 bridgehead atoms. The van der Waals surface area contributed by atoms with Crippen molar-refractivity contribution in [2.45, 2.75) is 6.42 Å². The zero-order valence-corrected chi connectivity index (χ0v) is 10.8. The molecular weight excluding hydrogens is 270 g/mol. The average molecular weight is 283 g/mol. The van der Waals surface area contributed by atoms with Gasteiger partial charge in [-0.25, -0.2) is 8.42 Å². The number of pyridine rings is 1. The summed E-state index contributed by atoms with van der Waals surface area (Å²) in [6.45, 7) is 0. The summed E-state index contributed by atoms with van der Waals surface area (Å²) in [5.74, 6) is -1.80. The van der Waals surface area contributed by atoms with E-state index in [1.54, 1.807) is 12.1 Å². The van der Waals surface area contributed by atoms with Gasteiger partial charge in [0.15, 0.2) is 9.84 Å². The Morgan fingerprint density at radius 2 is 2.05 bits per heavy atom. The number of sulfone groups is 1. The van der Waals surface area contributed by atoms with Crippen molar-refractivity contribution in [2.24, 2.45) is 5.92 Å². The lowest BCUT2D eigenvalue weighted by atomic mass is 10.1. The molecular formula is C11H13N3O4S. The number of carbonyl (C=O) groups is 2. The fraction of sp³-hybridized carbons (Fsp3) is 0.364. The van der Waals surface area contributed by atoms with Crippen LogP contribution in [0.5, 0.6) is 0 Å². The van der Waals surface area contributed by atoms with Crippen molar-refractivity contribution in [3.8, 4) is 0 Å². The first kappa shape index (κ1) is 13.5. The molecule has 1 fully saturated rings. The highest BCUT2D eigenvalue weighted by atomic mass is 32.2. The van der Waals surface area contributed by atoms with Crippen LogP contribution in [0.3, 0.4) is 0 Å². The van der Waals surface area contributed by atoms with E-state index >= 15 is 0 Å². The highest BCUT2D eigenvalue weighted by Gasteiger charge is 2.33. The fourth-order valence-corrected chi connectivity index (χ4v) is 3.52. The number of aromatic nitrogens is 1. The zero-order valence-electron chi connectivity index (χ0n) is 10.00. The van der Waals surface area contributed by atoms with Gasteiger partial charge in [-0.15, -0.1) is 0 Å². The van der Waals surface area contributed by atoms with Crippen LogP contribution in [0.4, 0.5) is 0 Å². The number of amides is 2. The minimum atomic E-state index is -3.12. The van der Waals surface area contributed by atoms with E-state index < -0.39 is 27.6 Å². The number of hydrogen-bond acceptors (Lipinski definition) is 5. The van der Waals surface area contributed by atoms with E-state index in [1.165, 1.54) is 12.3 Å². The number of hydrogen-bond donors (Lipinski definition) is 2. The Hall–Kier alpha value is -1.96. The van der Waals surface area contributed by atoms with E-state index in [-0.39, 0.29) is 23.6 Å². The summed E-state index contributed by atoms with van der Waals surface area (Å²) < 4.78 is 22.5. The Morgan fingerprint density at radius 3 is 2.63 bits per heavy atom. The largest absolute Gasteiger partial charge is 0.288 e. The van der Waals surface area contributed by atoms with E-state index in [1.807, 2.05) is 0 Å². The van der Waals surface area contributed by atoms with Crippen LogP contribution >= 0.6 is 0 Å². The van der Waals surface area contributed by atoms with Crippen molar-refractivity contribution in [1.29, 1.82) is 0 Å². The van der Waals surface area contributed by atoms with Gasteiger partial charge >= 0.3 is 0 Å². The molecule has 102 valence electrons. The summed E-state index contributed by atoms with van der Waals surface area (Å²) in [4.78, 5) is 27.1. The standard InChI is InChI=1S/C11H13N3O4S/c15-10(8-4-6-19(17,18)7-8)13-14-11(16)9-3-1-2-5-12-9/h1-3,5,8H,4,6-7H2,(H,13,15)(H,14,16)/t8-/m0/s1. The van der Waals surface area contributed by atoms with Crippen LogP contribution < -0.4 is 10.9 Å². The van der Waals surface area contributed by atoms with Gasteiger partial charge in [0.25, 0.3) is 5.91 Å². The predicted molar refractivity (Wildman–Crippen MR) is 66.6 cm³/mol. The van der Waals surface area contributed by atoms with Crippen molar-refractivity contribution in [1.82, 2.24) is 15.8 Å². The lowest BCUT2D eigenvalue weighted by molar-refractivity contribution is -0.125. The number of nitrogens with zero attached hydrogens (tertiary/aromatic N) is 1. The third-order valence-electron chi connectivity index (χ3n) is 2.80. The third-order valence-corrected chi connectivity index (χ3v) is 4.57. The molecule has 19 heavy (non-hydrogen) atoms. The summed E-state index contributed by atoms with van der Waals surface area (Å²) in [7, 11) is -3.12. The second-order valence-electron chi connectivity index (χ2n) is 4.26. The van der Waals surface area contributed by atoms with Crippen LogP contribution in [0.25, 0.3) is 0 Å². The summed E-state index contributed by atoms with van der Waals surface area (Å²) in [6.07, 6.45) is 1.74. The molecule has 2 rings (SSSR count). The van der Waals surface area contributed by atoms with Gasteiger partial charge in [-0.05, 0) is 18.6 Å². The predicted octanol–water partition coefficient (Wildman–Crippen LogP) is -0.723. The summed E-state index contributed by atoms with van der Waals surface area (Å²) >= 11 is 0. The molecule has 1 aliphatic heterocycles. The van der Waals surface area contributed by atoms with E-state index in [2.05, 4.69) is 15.8 Å². The highest BCUT2D eigenvalue weighted by molar-refractivity contribution is 7.91. The normalized spacial score (nSPS) is 20.7. The lowest BCUT2D eigenvalue weighted by Gasteiger charge is -2.10. The van der Waals surface area contributed by atoms with E-state index in [0.717, 1.165) is 0 Å². The van der Waals surface area contributed by atoms with Gasteiger partial charge in [-0.2, -0.15) is 0 Å². The Morgan fingerprint density at radius 1 is 1.26 bits per heavy atom. The second-order valence-corrected chi connectivity index (χ2v) is 6.49. The lowest BCUT2D eigenvalue weighted by Crippen LogP contribution is -2.45. The van der Waals surface area contributed by atoms with E-state index in [9.17, 15) is 18.0 Å². The molecule has 7 nitrogen and oxygen atoms in total. The molecule has 8 heteroatoms. The molecule has 2 amide bonds. The maximum atomic E-state index is 11.7. The molecule has 2 N–H and O–H groups in total. The molecule has 0 unspecified atom stereocenters. The van der Waals surface area contributed by atoms with Crippen LogP contribution in [0, 0.1) is 5.92 Å². The zero-order chi connectivity index (χ0) is 13.9. The van der Waals surface area contributed by atoms with Gasteiger partial charge in [0, 0.05) is 6.20 Å². The van der Waals surface area contributed by atoms with Crippen LogP contribution in [-0.2, 0) is 14.6 Å².